The van der Waals surface area contributed by atoms with E-state index in [1.807, 2.05) is 13.8 Å². The Kier molecular flexibility index (Phi) is 7.37. The molecule has 0 saturated carbocycles. The molecule has 5 nitrogen and oxygen atoms in total. The molecule has 0 aliphatic carbocycles. The molecule has 1 amide bonds. The van der Waals surface area contributed by atoms with E-state index in [4.69, 9.17) is 10.2 Å². The number of amides is 1. The van der Waals surface area contributed by atoms with Crippen LogP contribution in [0.15, 0.2) is 0 Å². The Balaban J connectivity index is 3.31. The molecule has 84 valence electrons. The van der Waals surface area contributed by atoms with Crippen molar-refractivity contribution in [3.63, 3.8) is 0 Å². The molecule has 0 aliphatic rings. The topological polar surface area (TPSA) is 81.6 Å². The highest BCUT2D eigenvalue weighted by atomic mass is 16.3. The van der Waals surface area contributed by atoms with Gasteiger partial charge in [0.2, 0.25) is 5.91 Å². The van der Waals surface area contributed by atoms with Crippen LogP contribution in [-0.4, -0.2) is 48.0 Å². The SMILES string of the molecule is CC(C)NC(=O)CCNC[C@H](O)CO. The Labute approximate surface area is 84.5 Å². The van der Waals surface area contributed by atoms with E-state index in [-0.39, 0.29) is 18.6 Å². The van der Waals surface area contributed by atoms with Crippen LogP contribution in [0.25, 0.3) is 0 Å². The summed E-state index contributed by atoms with van der Waals surface area (Å²) < 4.78 is 0. The summed E-state index contributed by atoms with van der Waals surface area (Å²) in [6, 6.07) is 0.158. The minimum absolute atomic E-state index is 0.00834. The first kappa shape index (κ1) is 13.4. The number of aliphatic hydroxyl groups excluding tert-OH is 2. The lowest BCUT2D eigenvalue weighted by molar-refractivity contribution is -0.121. The van der Waals surface area contributed by atoms with Crippen molar-refractivity contribution in [2.24, 2.45) is 0 Å². The summed E-state index contributed by atoms with van der Waals surface area (Å²) in [5.74, 6) is -0.00834. The minimum atomic E-state index is -0.747. The summed E-state index contributed by atoms with van der Waals surface area (Å²) in [6.07, 6.45) is -0.362. The van der Waals surface area contributed by atoms with Crippen molar-refractivity contribution in [1.29, 1.82) is 0 Å². The predicted molar refractivity (Wildman–Crippen MR) is 53.9 cm³/mol. The summed E-state index contributed by atoms with van der Waals surface area (Å²) in [5, 5.41) is 23.1. The number of nitrogens with one attached hydrogen (secondary N) is 2. The second kappa shape index (κ2) is 7.73. The number of carbonyl (C=O) groups is 1. The lowest BCUT2D eigenvalue weighted by Crippen LogP contribution is -2.35. The van der Waals surface area contributed by atoms with E-state index in [9.17, 15) is 4.79 Å². The van der Waals surface area contributed by atoms with Crippen LogP contribution in [0, 0.1) is 0 Å². The van der Waals surface area contributed by atoms with Crippen LogP contribution in [0.5, 0.6) is 0 Å². The van der Waals surface area contributed by atoms with Crippen molar-refractivity contribution in [1.82, 2.24) is 10.6 Å². The maximum absolute atomic E-state index is 11.1. The molecule has 5 heteroatoms. The van der Waals surface area contributed by atoms with Crippen LogP contribution in [0.4, 0.5) is 0 Å². The Morgan fingerprint density at radius 2 is 2.07 bits per heavy atom. The summed E-state index contributed by atoms with van der Waals surface area (Å²) in [6.45, 7) is 4.37. The molecule has 0 aromatic rings. The average Bonchev–Trinajstić information content (AvgIpc) is 2.10. The van der Waals surface area contributed by atoms with E-state index in [2.05, 4.69) is 10.6 Å². The van der Waals surface area contributed by atoms with Gasteiger partial charge in [0.05, 0.1) is 12.7 Å². The largest absolute Gasteiger partial charge is 0.394 e. The highest BCUT2D eigenvalue weighted by Gasteiger charge is 2.04. The van der Waals surface area contributed by atoms with Gasteiger partial charge < -0.3 is 20.8 Å². The van der Waals surface area contributed by atoms with Gasteiger partial charge >= 0.3 is 0 Å². The molecule has 0 saturated heterocycles. The first-order chi connectivity index (χ1) is 6.56. The molecule has 0 aromatic heterocycles. The normalized spacial score (nSPS) is 12.9. The molecule has 0 unspecified atom stereocenters. The maximum atomic E-state index is 11.1. The summed E-state index contributed by atoms with van der Waals surface area (Å²) >= 11 is 0. The summed E-state index contributed by atoms with van der Waals surface area (Å²) in [4.78, 5) is 11.1. The highest BCUT2D eigenvalue weighted by Crippen LogP contribution is 1.83. The summed E-state index contributed by atoms with van der Waals surface area (Å²) in [7, 11) is 0. The number of hydrogen-bond acceptors (Lipinski definition) is 4. The number of carbonyl (C=O) groups excluding carboxylic acids is 1. The average molecular weight is 204 g/mol. The van der Waals surface area contributed by atoms with Crippen molar-refractivity contribution in [2.75, 3.05) is 19.7 Å². The molecule has 0 aromatic carbocycles. The third kappa shape index (κ3) is 7.97. The highest BCUT2D eigenvalue weighted by molar-refractivity contribution is 5.76. The quantitative estimate of drug-likeness (QED) is 0.394. The molecule has 0 fully saturated rings. The molecule has 4 N–H and O–H groups in total. The van der Waals surface area contributed by atoms with Crippen LogP contribution in [-0.2, 0) is 4.79 Å². The summed E-state index contributed by atoms with van der Waals surface area (Å²) in [5.41, 5.74) is 0. The van der Waals surface area contributed by atoms with Gasteiger partial charge in [-0.1, -0.05) is 0 Å². The molecule has 1 atom stereocenters. The van der Waals surface area contributed by atoms with Gasteiger partial charge in [0.1, 0.15) is 0 Å². The molecule has 14 heavy (non-hydrogen) atoms. The second-order valence-corrected chi connectivity index (χ2v) is 3.51. The van der Waals surface area contributed by atoms with Crippen LogP contribution >= 0.6 is 0 Å². The molecular weight excluding hydrogens is 184 g/mol. The van der Waals surface area contributed by atoms with Crippen molar-refractivity contribution in [2.45, 2.75) is 32.4 Å². The Bertz CT molecular complexity index is 162. The smallest absolute Gasteiger partial charge is 0.221 e. The monoisotopic (exact) mass is 204 g/mol. The van der Waals surface area contributed by atoms with E-state index in [0.717, 1.165) is 0 Å². The van der Waals surface area contributed by atoms with Crippen LogP contribution in [0.2, 0.25) is 0 Å². The van der Waals surface area contributed by atoms with Crippen molar-refractivity contribution in [3.05, 3.63) is 0 Å². The molecule has 0 aliphatic heterocycles. The Morgan fingerprint density at radius 3 is 2.57 bits per heavy atom. The zero-order chi connectivity index (χ0) is 11.0. The van der Waals surface area contributed by atoms with Gasteiger partial charge in [-0.05, 0) is 13.8 Å². The minimum Gasteiger partial charge on any atom is -0.394 e. The van der Waals surface area contributed by atoms with E-state index >= 15 is 0 Å². The zero-order valence-corrected chi connectivity index (χ0v) is 8.79. The maximum Gasteiger partial charge on any atom is 0.221 e. The molecule has 0 spiro atoms. The van der Waals surface area contributed by atoms with Crippen LogP contribution < -0.4 is 10.6 Å². The van der Waals surface area contributed by atoms with Crippen LogP contribution in [0.1, 0.15) is 20.3 Å². The first-order valence-electron chi connectivity index (χ1n) is 4.85. The van der Waals surface area contributed by atoms with Gasteiger partial charge in [0.25, 0.3) is 0 Å². The van der Waals surface area contributed by atoms with Gasteiger partial charge in [-0.15, -0.1) is 0 Å². The van der Waals surface area contributed by atoms with Crippen molar-refractivity contribution in [3.8, 4) is 0 Å². The molecular formula is C9H20N2O3. The lowest BCUT2D eigenvalue weighted by Gasteiger charge is -2.10. The fraction of sp³-hybridized carbons (Fsp3) is 0.889. The second-order valence-electron chi connectivity index (χ2n) is 3.51. The van der Waals surface area contributed by atoms with Gasteiger partial charge in [-0.2, -0.15) is 0 Å². The number of aliphatic hydroxyl groups is 2. The third-order valence-corrected chi connectivity index (χ3v) is 1.57. The molecule has 0 radical (unpaired) electrons. The Hall–Kier alpha value is -0.650. The van der Waals surface area contributed by atoms with Crippen molar-refractivity contribution < 1.29 is 15.0 Å². The van der Waals surface area contributed by atoms with Gasteiger partial charge in [0.15, 0.2) is 0 Å². The lowest BCUT2D eigenvalue weighted by atomic mass is 10.3. The fourth-order valence-corrected chi connectivity index (χ4v) is 0.929. The van der Waals surface area contributed by atoms with E-state index < -0.39 is 6.10 Å². The number of hydrogen-bond donors (Lipinski definition) is 4. The predicted octanol–water partition coefficient (Wildman–Crippen LogP) is -1.16. The zero-order valence-electron chi connectivity index (χ0n) is 8.79. The molecule has 0 heterocycles. The van der Waals surface area contributed by atoms with Gasteiger partial charge in [-0.25, -0.2) is 0 Å². The molecule has 0 bridgehead atoms. The van der Waals surface area contributed by atoms with Gasteiger partial charge in [0, 0.05) is 25.6 Å². The Morgan fingerprint density at radius 1 is 1.43 bits per heavy atom. The van der Waals surface area contributed by atoms with Gasteiger partial charge in [-0.3, -0.25) is 4.79 Å². The third-order valence-electron chi connectivity index (χ3n) is 1.57. The van der Waals surface area contributed by atoms with E-state index in [1.165, 1.54) is 0 Å². The van der Waals surface area contributed by atoms with Crippen molar-refractivity contribution >= 4 is 5.91 Å². The van der Waals surface area contributed by atoms with Crippen LogP contribution in [0.3, 0.4) is 0 Å². The first-order valence-corrected chi connectivity index (χ1v) is 4.85. The fourth-order valence-electron chi connectivity index (χ4n) is 0.929. The van der Waals surface area contributed by atoms with E-state index in [1.54, 1.807) is 0 Å². The molecule has 0 rings (SSSR count). The van der Waals surface area contributed by atoms with E-state index in [0.29, 0.717) is 19.5 Å². The standard InChI is InChI=1S/C9H20N2O3/c1-7(2)11-9(14)3-4-10-5-8(13)6-12/h7-8,10,12-13H,3-6H2,1-2H3,(H,11,14)/t8-/m0/s1. The number of rotatable bonds is 7.